The van der Waals surface area contributed by atoms with E-state index >= 15 is 0 Å². The number of nitrogens with one attached hydrogen (secondary N) is 1. The topological polar surface area (TPSA) is 113 Å². The molecule has 0 spiro atoms. The van der Waals surface area contributed by atoms with Gasteiger partial charge >= 0.3 is 5.69 Å². The molecule has 1 aromatic carbocycles. The van der Waals surface area contributed by atoms with Crippen LogP contribution in [-0.2, 0) is 10.0 Å². The Labute approximate surface area is 119 Å². The summed E-state index contributed by atoms with van der Waals surface area (Å²) in [6.45, 7) is -0.0609. The maximum absolute atomic E-state index is 13.5. The fourth-order valence-corrected chi connectivity index (χ4v) is 2.63. The lowest BCUT2D eigenvalue weighted by molar-refractivity contribution is -0.387. The van der Waals surface area contributed by atoms with E-state index in [-0.39, 0.29) is 19.0 Å². The Morgan fingerprint density at radius 2 is 1.95 bits per heavy atom. The molecule has 1 aromatic rings. The zero-order chi connectivity index (χ0) is 16.0. The Morgan fingerprint density at radius 3 is 2.52 bits per heavy atom. The minimum Gasteiger partial charge on any atom is -0.258 e. The van der Waals surface area contributed by atoms with Crippen LogP contribution in [0.5, 0.6) is 0 Å². The predicted molar refractivity (Wildman–Crippen MR) is 67.7 cm³/mol. The largest absolute Gasteiger partial charge is 0.306 e. The van der Waals surface area contributed by atoms with Crippen molar-refractivity contribution in [1.29, 1.82) is 5.26 Å². The highest BCUT2D eigenvalue weighted by Gasteiger charge is 2.25. The molecule has 0 aliphatic heterocycles. The lowest BCUT2D eigenvalue weighted by atomic mass is 10.2. The number of benzene rings is 1. The van der Waals surface area contributed by atoms with Gasteiger partial charge in [0.25, 0.3) is 0 Å². The molecule has 0 unspecified atom stereocenters. The molecule has 1 rings (SSSR count). The molecule has 1 N–H and O–H groups in total. The van der Waals surface area contributed by atoms with Crippen molar-refractivity contribution in [2.45, 2.75) is 24.2 Å². The number of nitriles is 1. The number of hydrogen-bond acceptors (Lipinski definition) is 5. The first kappa shape index (κ1) is 16.9. The van der Waals surface area contributed by atoms with E-state index in [4.69, 9.17) is 5.26 Å². The number of hydrogen-bond donors (Lipinski definition) is 1. The molecule has 0 fully saturated rings. The highest BCUT2D eigenvalue weighted by molar-refractivity contribution is 7.89. The molecule has 0 bridgehead atoms. The van der Waals surface area contributed by atoms with Gasteiger partial charge in [0.2, 0.25) is 15.8 Å². The molecular formula is C11H11F2N3O4S. The summed E-state index contributed by atoms with van der Waals surface area (Å²) in [7, 11) is -4.33. The summed E-state index contributed by atoms with van der Waals surface area (Å²) in [4.78, 5) is 8.41. The van der Waals surface area contributed by atoms with Gasteiger partial charge in [0.1, 0.15) is 10.7 Å². The summed E-state index contributed by atoms with van der Waals surface area (Å²) in [5, 5.41) is 18.9. The first-order valence-electron chi connectivity index (χ1n) is 5.79. The smallest absolute Gasteiger partial charge is 0.258 e. The molecule has 7 nitrogen and oxygen atoms in total. The van der Waals surface area contributed by atoms with E-state index in [0.717, 1.165) is 0 Å². The van der Waals surface area contributed by atoms with Crippen LogP contribution >= 0.6 is 0 Å². The first-order chi connectivity index (χ1) is 9.79. The third-order valence-corrected chi connectivity index (χ3v) is 3.97. The Balaban J connectivity index is 2.95. The fourth-order valence-electron chi connectivity index (χ4n) is 1.48. The van der Waals surface area contributed by atoms with E-state index in [1.54, 1.807) is 0 Å². The number of nitro groups is 1. The van der Waals surface area contributed by atoms with Gasteiger partial charge in [-0.3, -0.25) is 10.1 Å². The van der Waals surface area contributed by atoms with Crippen molar-refractivity contribution in [3.63, 3.8) is 0 Å². The molecule has 0 aromatic heterocycles. The van der Waals surface area contributed by atoms with Crippen molar-refractivity contribution in [2.75, 3.05) is 6.54 Å². The first-order valence-corrected chi connectivity index (χ1v) is 7.28. The molecule has 0 radical (unpaired) electrons. The molecule has 0 amide bonds. The van der Waals surface area contributed by atoms with Crippen LogP contribution in [0.4, 0.5) is 14.5 Å². The van der Waals surface area contributed by atoms with Crippen molar-refractivity contribution in [2.24, 2.45) is 0 Å². The standard InChI is InChI=1S/C11H11F2N3O4S/c12-8-6-9(13)11(7-10(8)16(17)18)21(19,20)15-5-3-1-2-4-14/h6-7,15H,1-3,5H2. The summed E-state index contributed by atoms with van der Waals surface area (Å²) >= 11 is 0. The molecule has 0 saturated carbocycles. The lowest BCUT2D eigenvalue weighted by Crippen LogP contribution is -2.26. The average Bonchev–Trinajstić information content (AvgIpc) is 2.37. The number of nitrogens with zero attached hydrogens (tertiary/aromatic N) is 2. The zero-order valence-electron chi connectivity index (χ0n) is 10.7. The van der Waals surface area contributed by atoms with E-state index < -0.39 is 37.2 Å². The summed E-state index contributed by atoms with van der Waals surface area (Å²) in [5.74, 6) is -2.87. The number of rotatable bonds is 7. The fraction of sp³-hybridized carbons (Fsp3) is 0.364. The van der Waals surface area contributed by atoms with Gasteiger partial charge in [-0.1, -0.05) is 0 Å². The third-order valence-electron chi connectivity index (χ3n) is 2.49. The van der Waals surface area contributed by atoms with E-state index in [9.17, 15) is 27.3 Å². The number of nitro benzene ring substituents is 1. The second-order valence-electron chi connectivity index (χ2n) is 4.00. The molecular weight excluding hydrogens is 308 g/mol. The van der Waals surface area contributed by atoms with Crippen molar-refractivity contribution in [3.8, 4) is 6.07 Å². The molecule has 0 aliphatic rings. The minimum absolute atomic E-state index is 0.0609. The Kier molecular flexibility index (Phi) is 5.69. The average molecular weight is 319 g/mol. The van der Waals surface area contributed by atoms with E-state index in [0.29, 0.717) is 18.9 Å². The van der Waals surface area contributed by atoms with Gasteiger partial charge in [0, 0.05) is 25.1 Å². The SMILES string of the molecule is N#CCCCCNS(=O)(=O)c1cc([N+](=O)[O-])c(F)cc1F. The van der Waals surface area contributed by atoms with Gasteiger partial charge in [-0.15, -0.1) is 0 Å². The van der Waals surface area contributed by atoms with Crippen LogP contribution in [0.25, 0.3) is 0 Å². The number of unbranched alkanes of at least 4 members (excludes halogenated alkanes) is 2. The van der Waals surface area contributed by atoms with Crippen LogP contribution in [0.15, 0.2) is 17.0 Å². The lowest BCUT2D eigenvalue weighted by Gasteiger charge is -2.07. The van der Waals surface area contributed by atoms with Crippen LogP contribution in [0, 0.1) is 33.1 Å². The summed E-state index contributed by atoms with van der Waals surface area (Å²) in [5.41, 5.74) is -1.12. The molecule has 0 saturated heterocycles. The molecule has 10 heteroatoms. The molecule has 0 aliphatic carbocycles. The summed E-state index contributed by atoms with van der Waals surface area (Å²) in [6.07, 6.45) is 1.04. The van der Waals surface area contributed by atoms with Crippen molar-refractivity contribution in [1.82, 2.24) is 4.72 Å². The van der Waals surface area contributed by atoms with E-state index in [1.807, 2.05) is 10.8 Å². The van der Waals surface area contributed by atoms with Crippen LogP contribution in [0.2, 0.25) is 0 Å². The minimum atomic E-state index is -4.33. The Bertz CT molecular complexity index is 685. The monoisotopic (exact) mass is 319 g/mol. The highest BCUT2D eigenvalue weighted by Crippen LogP contribution is 2.24. The zero-order valence-corrected chi connectivity index (χ0v) is 11.5. The van der Waals surface area contributed by atoms with Crippen molar-refractivity contribution in [3.05, 3.63) is 33.9 Å². The van der Waals surface area contributed by atoms with Gasteiger partial charge in [0.15, 0.2) is 0 Å². The summed E-state index contributed by atoms with van der Waals surface area (Å²) < 4.78 is 52.3. The van der Waals surface area contributed by atoms with Gasteiger partial charge in [-0.2, -0.15) is 9.65 Å². The van der Waals surface area contributed by atoms with E-state index in [2.05, 4.69) is 0 Å². The van der Waals surface area contributed by atoms with Gasteiger partial charge < -0.3 is 0 Å². The second kappa shape index (κ2) is 7.05. The normalized spacial score (nSPS) is 11.1. The van der Waals surface area contributed by atoms with Crippen molar-refractivity contribution < 1.29 is 22.1 Å². The van der Waals surface area contributed by atoms with Gasteiger partial charge in [0.05, 0.1) is 11.0 Å². The molecule has 21 heavy (non-hydrogen) atoms. The highest BCUT2D eigenvalue weighted by atomic mass is 32.2. The maximum atomic E-state index is 13.5. The Hall–Kier alpha value is -2.12. The maximum Gasteiger partial charge on any atom is 0.306 e. The Morgan fingerprint density at radius 1 is 1.29 bits per heavy atom. The third kappa shape index (κ3) is 4.44. The molecule has 0 atom stereocenters. The van der Waals surface area contributed by atoms with E-state index in [1.165, 1.54) is 0 Å². The quantitative estimate of drug-likeness (QED) is 0.468. The number of halogens is 2. The van der Waals surface area contributed by atoms with Gasteiger partial charge in [-0.05, 0) is 12.8 Å². The van der Waals surface area contributed by atoms with Gasteiger partial charge in [-0.25, -0.2) is 17.5 Å². The summed E-state index contributed by atoms with van der Waals surface area (Å²) in [6, 6.07) is 2.37. The van der Waals surface area contributed by atoms with Crippen LogP contribution in [-0.4, -0.2) is 19.9 Å². The number of sulfonamides is 1. The van der Waals surface area contributed by atoms with Crippen LogP contribution in [0.1, 0.15) is 19.3 Å². The van der Waals surface area contributed by atoms with Crippen molar-refractivity contribution >= 4 is 15.7 Å². The molecule has 114 valence electrons. The second-order valence-corrected chi connectivity index (χ2v) is 5.74. The predicted octanol–water partition coefficient (Wildman–Crippen LogP) is 1.85. The molecule has 0 heterocycles. The van der Waals surface area contributed by atoms with Crippen LogP contribution in [0.3, 0.4) is 0 Å². The van der Waals surface area contributed by atoms with Crippen LogP contribution < -0.4 is 4.72 Å².